The van der Waals surface area contributed by atoms with Gasteiger partial charge >= 0.3 is 0 Å². The average molecular weight is 318 g/mol. The lowest BCUT2D eigenvalue weighted by Crippen LogP contribution is -2.44. The molecule has 0 unspecified atom stereocenters. The molecule has 1 heterocycles. The summed E-state index contributed by atoms with van der Waals surface area (Å²) < 4.78 is 6.61. The van der Waals surface area contributed by atoms with Gasteiger partial charge in [-0.1, -0.05) is 57.2 Å². The second kappa shape index (κ2) is 6.69. The first-order chi connectivity index (χ1) is 10.2. The van der Waals surface area contributed by atoms with Gasteiger partial charge in [-0.3, -0.25) is 4.90 Å². The third-order valence-corrected chi connectivity index (χ3v) is 9.71. The van der Waals surface area contributed by atoms with E-state index in [1.807, 2.05) is 0 Å². The molecule has 1 aromatic rings. The smallest absolute Gasteiger partial charge is 0.192 e. The second-order valence-corrected chi connectivity index (χ2v) is 12.7. The van der Waals surface area contributed by atoms with Gasteiger partial charge in [0.05, 0.1) is 6.10 Å². The van der Waals surface area contributed by atoms with Crippen LogP contribution in [0.3, 0.4) is 0 Å². The molecule has 0 bridgehead atoms. The largest absolute Gasteiger partial charge is 0.413 e. The number of benzene rings is 1. The molecule has 1 aliphatic rings. The van der Waals surface area contributed by atoms with E-state index in [9.17, 15) is 0 Å². The summed E-state index contributed by atoms with van der Waals surface area (Å²) in [5.41, 5.74) is 1.36. The van der Waals surface area contributed by atoms with Gasteiger partial charge < -0.3 is 4.43 Å². The zero-order valence-corrected chi connectivity index (χ0v) is 15.8. The maximum atomic E-state index is 6.61. The number of likely N-dealkylation sites (tertiary alicyclic amines) is 1. The summed E-state index contributed by atoms with van der Waals surface area (Å²) in [6.45, 7) is 17.6. The van der Waals surface area contributed by atoms with E-state index in [-0.39, 0.29) is 5.04 Å². The van der Waals surface area contributed by atoms with Gasteiger partial charge in [-0.05, 0) is 30.1 Å². The van der Waals surface area contributed by atoms with Crippen LogP contribution in [-0.4, -0.2) is 31.9 Å². The van der Waals surface area contributed by atoms with E-state index in [2.05, 4.69) is 81.8 Å². The molecular formula is C19H31NOSi. The Bertz CT molecular complexity index is 492. The minimum Gasteiger partial charge on any atom is -0.413 e. The van der Waals surface area contributed by atoms with Crippen LogP contribution in [0.25, 0.3) is 0 Å². The predicted molar refractivity (Wildman–Crippen MR) is 97.5 cm³/mol. The summed E-state index contributed by atoms with van der Waals surface area (Å²) in [5, 5.41) is 0.267. The van der Waals surface area contributed by atoms with Gasteiger partial charge in [0.2, 0.25) is 0 Å². The minimum atomic E-state index is -1.69. The molecule has 0 amide bonds. The molecule has 1 fully saturated rings. The Hall–Kier alpha value is -0.903. The molecular weight excluding hydrogens is 286 g/mol. The van der Waals surface area contributed by atoms with Crippen molar-refractivity contribution in [2.75, 3.05) is 6.54 Å². The second-order valence-electron chi connectivity index (χ2n) is 7.95. The lowest BCUT2D eigenvalue weighted by atomic mass is 10.2. The Morgan fingerprint density at radius 1 is 1.27 bits per heavy atom. The van der Waals surface area contributed by atoms with Crippen LogP contribution in [0, 0.1) is 0 Å². The van der Waals surface area contributed by atoms with Crippen LogP contribution in [0.4, 0.5) is 0 Å². The van der Waals surface area contributed by atoms with Crippen molar-refractivity contribution in [1.82, 2.24) is 4.90 Å². The van der Waals surface area contributed by atoms with Crippen molar-refractivity contribution in [2.45, 2.75) is 64.0 Å². The van der Waals surface area contributed by atoms with Gasteiger partial charge in [0.15, 0.2) is 8.32 Å². The maximum absolute atomic E-state index is 6.61. The number of hydrogen-bond donors (Lipinski definition) is 0. The third-order valence-electron chi connectivity index (χ3n) is 5.18. The number of nitrogens with zero attached hydrogens (tertiary/aromatic N) is 1. The Balaban J connectivity index is 2.02. The molecule has 0 spiro atoms. The van der Waals surface area contributed by atoms with Crippen molar-refractivity contribution in [3.8, 4) is 0 Å². The van der Waals surface area contributed by atoms with Crippen LogP contribution in [0.15, 0.2) is 43.0 Å². The highest BCUT2D eigenvalue weighted by molar-refractivity contribution is 6.74. The molecule has 2 atom stereocenters. The Morgan fingerprint density at radius 2 is 1.91 bits per heavy atom. The number of rotatable bonds is 5. The van der Waals surface area contributed by atoms with E-state index in [4.69, 9.17) is 4.43 Å². The molecule has 22 heavy (non-hydrogen) atoms. The average Bonchev–Trinajstić information content (AvgIpc) is 2.79. The first-order valence-corrected chi connectivity index (χ1v) is 11.2. The van der Waals surface area contributed by atoms with Crippen LogP contribution in [0.5, 0.6) is 0 Å². The van der Waals surface area contributed by atoms with Gasteiger partial charge in [0, 0.05) is 19.1 Å². The SMILES string of the molecule is C=C[C@@H]1C[C@@H](O[Si](C)(C)C(C)(C)C)CN1Cc1ccccc1. The molecule has 2 nitrogen and oxygen atoms in total. The van der Waals surface area contributed by atoms with E-state index in [0.29, 0.717) is 12.1 Å². The molecule has 0 aliphatic carbocycles. The van der Waals surface area contributed by atoms with Crippen LogP contribution in [0.1, 0.15) is 32.8 Å². The zero-order chi connectivity index (χ0) is 16.4. The summed E-state index contributed by atoms with van der Waals surface area (Å²) >= 11 is 0. The van der Waals surface area contributed by atoms with Crippen LogP contribution >= 0.6 is 0 Å². The zero-order valence-electron chi connectivity index (χ0n) is 14.8. The van der Waals surface area contributed by atoms with E-state index in [1.54, 1.807) is 0 Å². The van der Waals surface area contributed by atoms with Gasteiger partial charge in [0.25, 0.3) is 0 Å². The van der Waals surface area contributed by atoms with Crippen molar-refractivity contribution in [3.05, 3.63) is 48.6 Å². The van der Waals surface area contributed by atoms with Crippen molar-refractivity contribution in [3.63, 3.8) is 0 Å². The maximum Gasteiger partial charge on any atom is 0.192 e. The first kappa shape index (κ1) is 17.5. The Labute approximate surface area is 137 Å². The lowest BCUT2D eigenvalue weighted by Gasteiger charge is -2.38. The van der Waals surface area contributed by atoms with Crippen molar-refractivity contribution >= 4 is 8.32 Å². The van der Waals surface area contributed by atoms with Crippen LogP contribution < -0.4 is 0 Å². The highest BCUT2D eigenvalue weighted by atomic mass is 28.4. The quantitative estimate of drug-likeness (QED) is 0.569. The standard InChI is InChI=1S/C19H31NOSi/c1-7-17-13-18(21-22(5,6)19(2,3)4)15-20(17)14-16-11-9-8-10-12-16/h7-12,17-18H,1,13-15H2,2-6H3/t17-,18-/m1/s1. The molecule has 1 aliphatic heterocycles. The molecule has 122 valence electrons. The third kappa shape index (κ3) is 4.09. The Kier molecular flexibility index (Phi) is 5.31. The van der Waals surface area contributed by atoms with Gasteiger partial charge in [0.1, 0.15) is 0 Å². The van der Waals surface area contributed by atoms with Crippen molar-refractivity contribution in [2.24, 2.45) is 0 Å². The fraction of sp³-hybridized carbons (Fsp3) is 0.579. The summed E-state index contributed by atoms with van der Waals surface area (Å²) in [7, 11) is -1.69. The lowest BCUT2D eigenvalue weighted by molar-refractivity contribution is 0.178. The molecule has 0 N–H and O–H groups in total. The predicted octanol–water partition coefficient (Wildman–Crippen LogP) is 4.84. The molecule has 0 saturated carbocycles. The molecule has 3 heteroatoms. The molecule has 2 rings (SSSR count). The van der Waals surface area contributed by atoms with E-state index in [0.717, 1.165) is 19.5 Å². The highest BCUT2D eigenvalue weighted by Gasteiger charge is 2.41. The molecule has 1 aromatic carbocycles. The van der Waals surface area contributed by atoms with E-state index < -0.39 is 8.32 Å². The van der Waals surface area contributed by atoms with E-state index in [1.165, 1.54) is 5.56 Å². The summed E-state index contributed by atoms with van der Waals surface area (Å²) in [6, 6.07) is 11.1. The number of hydrogen-bond acceptors (Lipinski definition) is 2. The first-order valence-electron chi connectivity index (χ1n) is 8.31. The van der Waals surface area contributed by atoms with E-state index >= 15 is 0 Å². The molecule has 0 aromatic heterocycles. The summed E-state index contributed by atoms with van der Waals surface area (Å²) in [4.78, 5) is 2.50. The monoisotopic (exact) mass is 317 g/mol. The summed E-state index contributed by atoms with van der Waals surface area (Å²) in [5.74, 6) is 0. The molecule has 1 saturated heterocycles. The van der Waals surface area contributed by atoms with Gasteiger partial charge in [-0.25, -0.2) is 0 Å². The minimum absolute atomic E-state index is 0.267. The van der Waals surface area contributed by atoms with Crippen molar-refractivity contribution < 1.29 is 4.43 Å². The summed E-state index contributed by atoms with van der Waals surface area (Å²) in [6.07, 6.45) is 3.49. The highest BCUT2D eigenvalue weighted by Crippen LogP contribution is 2.39. The van der Waals surface area contributed by atoms with Crippen molar-refractivity contribution in [1.29, 1.82) is 0 Å². The fourth-order valence-corrected chi connectivity index (χ4v) is 4.17. The van der Waals surface area contributed by atoms with Crippen LogP contribution in [-0.2, 0) is 11.0 Å². The molecule has 0 radical (unpaired) electrons. The normalized spacial score (nSPS) is 23.7. The topological polar surface area (TPSA) is 12.5 Å². The van der Waals surface area contributed by atoms with Gasteiger partial charge in [-0.15, -0.1) is 6.58 Å². The Morgan fingerprint density at radius 3 is 2.45 bits per heavy atom. The fourth-order valence-electron chi connectivity index (χ4n) is 2.81. The van der Waals surface area contributed by atoms with Crippen LogP contribution in [0.2, 0.25) is 18.1 Å². The van der Waals surface area contributed by atoms with Gasteiger partial charge in [-0.2, -0.15) is 0 Å².